The number of aryl methyl sites for hydroxylation is 1. The van der Waals surface area contributed by atoms with E-state index >= 15 is 0 Å². The first-order chi connectivity index (χ1) is 14.6. The van der Waals surface area contributed by atoms with Crippen molar-refractivity contribution in [3.63, 3.8) is 0 Å². The number of methoxy groups -OCH3 is 1. The first-order valence-electron chi connectivity index (χ1n) is 10.5. The van der Waals surface area contributed by atoms with E-state index in [1.165, 1.54) is 0 Å². The number of likely N-dealkylation sites (tertiary alicyclic amines) is 1. The lowest BCUT2D eigenvalue weighted by Gasteiger charge is -2.32. The van der Waals surface area contributed by atoms with E-state index in [1.54, 1.807) is 13.2 Å². The van der Waals surface area contributed by atoms with Crippen LogP contribution in [-0.2, 0) is 0 Å². The quantitative estimate of drug-likeness (QED) is 0.604. The smallest absolute Gasteiger partial charge is 0.338 e. The fourth-order valence-electron chi connectivity index (χ4n) is 4.01. The van der Waals surface area contributed by atoms with Crippen molar-refractivity contribution in [1.82, 2.24) is 4.90 Å². The van der Waals surface area contributed by atoms with Gasteiger partial charge in [-0.25, -0.2) is 4.79 Å². The minimum absolute atomic E-state index is 0.312. The third-order valence-corrected chi connectivity index (χ3v) is 5.65. The molecule has 1 aliphatic rings. The Morgan fingerprint density at radius 2 is 1.97 bits per heavy atom. The van der Waals surface area contributed by atoms with Crippen molar-refractivity contribution in [3.05, 3.63) is 76.2 Å². The van der Waals surface area contributed by atoms with Crippen molar-refractivity contribution in [3.8, 4) is 5.75 Å². The number of nitrogens with one attached hydrogen (secondary N) is 1. The molecule has 5 nitrogen and oxygen atoms in total. The Labute approximate surface area is 177 Å². The van der Waals surface area contributed by atoms with Crippen LogP contribution in [0.1, 0.15) is 24.0 Å². The number of anilines is 1. The minimum Gasteiger partial charge on any atom is -0.496 e. The first-order valence-corrected chi connectivity index (χ1v) is 10.5. The highest BCUT2D eigenvalue weighted by atomic mass is 16.5. The summed E-state index contributed by atoms with van der Waals surface area (Å²) in [6.07, 6.45) is 6.40. The number of ether oxygens (including phenoxy) is 1. The molecule has 0 atom stereocenters. The summed E-state index contributed by atoms with van der Waals surface area (Å²) in [5.41, 5.74) is 3.44. The zero-order chi connectivity index (χ0) is 20.9. The van der Waals surface area contributed by atoms with E-state index in [4.69, 9.17) is 9.15 Å². The summed E-state index contributed by atoms with van der Waals surface area (Å²) in [7, 11) is 1.70. The fourth-order valence-corrected chi connectivity index (χ4v) is 4.01. The zero-order valence-electron chi connectivity index (χ0n) is 17.6. The molecule has 4 rings (SSSR count). The van der Waals surface area contributed by atoms with Crippen molar-refractivity contribution in [2.75, 3.05) is 32.1 Å². The molecular formula is C25H28N2O3. The summed E-state index contributed by atoms with van der Waals surface area (Å²) < 4.78 is 10.7. The highest BCUT2D eigenvalue weighted by Crippen LogP contribution is 2.25. The van der Waals surface area contributed by atoms with Gasteiger partial charge in [-0.15, -0.1) is 0 Å². The number of fused-ring (bicyclic) bond motifs is 1. The predicted octanol–water partition coefficient (Wildman–Crippen LogP) is 4.70. The molecule has 0 unspecified atom stereocenters. The number of hydrogen-bond donors (Lipinski definition) is 1. The molecule has 1 aliphatic heterocycles. The van der Waals surface area contributed by atoms with Gasteiger partial charge in [0.1, 0.15) is 11.3 Å². The molecule has 1 saturated heterocycles. The number of benzene rings is 2. The molecular weight excluding hydrogens is 376 g/mol. The lowest BCUT2D eigenvalue weighted by atomic mass is 10.0. The molecule has 5 heteroatoms. The molecule has 30 heavy (non-hydrogen) atoms. The number of nitrogens with zero attached hydrogens (tertiary/aromatic N) is 1. The van der Waals surface area contributed by atoms with Gasteiger partial charge in [0.05, 0.1) is 12.8 Å². The van der Waals surface area contributed by atoms with Crippen molar-refractivity contribution < 1.29 is 9.15 Å². The molecule has 0 radical (unpaired) electrons. The van der Waals surface area contributed by atoms with E-state index in [2.05, 4.69) is 34.5 Å². The maximum Gasteiger partial charge on any atom is 0.338 e. The molecule has 0 amide bonds. The van der Waals surface area contributed by atoms with Gasteiger partial charge in [-0.2, -0.15) is 0 Å². The Kier molecular flexibility index (Phi) is 6.19. The van der Waals surface area contributed by atoms with Crippen molar-refractivity contribution in [2.45, 2.75) is 25.8 Å². The van der Waals surface area contributed by atoms with Gasteiger partial charge >= 0.3 is 5.63 Å². The molecule has 2 aromatic carbocycles. The van der Waals surface area contributed by atoms with E-state index < -0.39 is 0 Å². The Bertz CT molecular complexity index is 1090. The molecule has 1 aromatic heterocycles. The molecule has 0 spiro atoms. The van der Waals surface area contributed by atoms with Crippen molar-refractivity contribution >= 4 is 22.7 Å². The largest absolute Gasteiger partial charge is 0.496 e. The van der Waals surface area contributed by atoms with E-state index in [0.717, 1.165) is 60.4 Å². The van der Waals surface area contributed by atoms with Gasteiger partial charge in [0.25, 0.3) is 0 Å². The van der Waals surface area contributed by atoms with Gasteiger partial charge in [0.15, 0.2) is 0 Å². The average molecular weight is 405 g/mol. The van der Waals surface area contributed by atoms with Crippen LogP contribution >= 0.6 is 0 Å². The van der Waals surface area contributed by atoms with Gasteiger partial charge in [0.2, 0.25) is 0 Å². The van der Waals surface area contributed by atoms with Crippen molar-refractivity contribution in [2.24, 2.45) is 0 Å². The zero-order valence-corrected chi connectivity index (χ0v) is 17.6. The Balaban J connectivity index is 1.35. The molecule has 0 bridgehead atoms. The third kappa shape index (κ3) is 4.74. The molecule has 0 aliphatic carbocycles. The maximum absolute atomic E-state index is 11.9. The van der Waals surface area contributed by atoms with Gasteiger partial charge < -0.3 is 14.5 Å². The highest BCUT2D eigenvalue weighted by molar-refractivity contribution is 5.90. The maximum atomic E-state index is 11.9. The van der Waals surface area contributed by atoms with Crippen LogP contribution in [-0.4, -0.2) is 37.7 Å². The van der Waals surface area contributed by atoms with Crippen molar-refractivity contribution in [1.29, 1.82) is 0 Å². The van der Waals surface area contributed by atoms with E-state index in [0.29, 0.717) is 11.6 Å². The Morgan fingerprint density at radius 3 is 2.77 bits per heavy atom. The minimum atomic E-state index is -0.312. The molecule has 3 aromatic rings. The fraction of sp³-hybridized carbons (Fsp3) is 0.320. The Morgan fingerprint density at radius 1 is 1.17 bits per heavy atom. The molecule has 1 N–H and O–H groups in total. The number of piperidine rings is 1. The second kappa shape index (κ2) is 9.18. The normalized spacial score (nSPS) is 15.7. The van der Waals surface area contributed by atoms with Gasteiger partial charge in [0, 0.05) is 42.7 Å². The van der Waals surface area contributed by atoms with Crippen LogP contribution < -0.4 is 15.7 Å². The van der Waals surface area contributed by atoms with Gasteiger partial charge in [-0.05, 0) is 38.0 Å². The topological polar surface area (TPSA) is 54.7 Å². The van der Waals surface area contributed by atoms with Crippen LogP contribution in [0.4, 0.5) is 5.69 Å². The van der Waals surface area contributed by atoms with Crippen LogP contribution in [0.2, 0.25) is 0 Å². The highest BCUT2D eigenvalue weighted by Gasteiger charge is 2.19. The second-order valence-corrected chi connectivity index (χ2v) is 7.84. The summed E-state index contributed by atoms with van der Waals surface area (Å²) in [6, 6.07) is 15.9. The third-order valence-electron chi connectivity index (χ3n) is 5.65. The van der Waals surface area contributed by atoms with Crippen LogP contribution in [0.3, 0.4) is 0 Å². The number of para-hydroxylation sites is 1. The second-order valence-electron chi connectivity index (χ2n) is 7.84. The lowest BCUT2D eigenvalue weighted by molar-refractivity contribution is 0.240. The predicted molar refractivity (Wildman–Crippen MR) is 122 cm³/mol. The lowest BCUT2D eigenvalue weighted by Crippen LogP contribution is -2.39. The monoisotopic (exact) mass is 404 g/mol. The summed E-state index contributed by atoms with van der Waals surface area (Å²) >= 11 is 0. The summed E-state index contributed by atoms with van der Waals surface area (Å²) in [5.74, 6) is 0.895. The molecule has 1 fully saturated rings. The van der Waals surface area contributed by atoms with Crippen LogP contribution in [0, 0.1) is 6.92 Å². The average Bonchev–Trinajstić information content (AvgIpc) is 2.76. The van der Waals surface area contributed by atoms with Crippen LogP contribution in [0.25, 0.3) is 17.0 Å². The number of rotatable bonds is 6. The summed E-state index contributed by atoms with van der Waals surface area (Å²) in [5, 5.41) is 4.56. The van der Waals surface area contributed by atoms with E-state index in [9.17, 15) is 4.79 Å². The molecule has 156 valence electrons. The van der Waals surface area contributed by atoms with E-state index in [-0.39, 0.29) is 5.63 Å². The van der Waals surface area contributed by atoms with E-state index in [1.807, 2.05) is 37.3 Å². The summed E-state index contributed by atoms with van der Waals surface area (Å²) in [6.45, 7) is 5.01. The van der Waals surface area contributed by atoms with Crippen LogP contribution in [0.15, 0.2) is 63.8 Å². The Hall–Kier alpha value is -3.05. The molecule has 0 saturated carbocycles. The van der Waals surface area contributed by atoms with Gasteiger partial charge in [-0.1, -0.05) is 42.0 Å². The van der Waals surface area contributed by atoms with Crippen LogP contribution in [0.5, 0.6) is 5.75 Å². The van der Waals surface area contributed by atoms with Gasteiger partial charge in [-0.3, -0.25) is 4.90 Å². The molecule has 2 heterocycles. The summed E-state index contributed by atoms with van der Waals surface area (Å²) in [4.78, 5) is 14.4. The SMILES string of the molecule is COc1ccccc1/C=C/CN1CCC(Nc2cc(=O)oc3ccc(C)cc23)CC1. The standard InChI is InChI=1S/C25H28N2O3/c1-18-9-10-24-21(16-18)22(17-25(28)30-24)26-20-11-14-27(15-12-20)13-5-7-19-6-3-4-8-23(19)29-2/h3-10,16-17,20,26H,11-15H2,1-2H3/b7-5+. The number of hydrogen-bond acceptors (Lipinski definition) is 5. The first kappa shape index (κ1) is 20.2.